The van der Waals surface area contributed by atoms with Crippen molar-refractivity contribution < 1.29 is 9.90 Å². The lowest BCUT2D eigenvalue weighted by Gasteiger charge is -2.30. The molecule has 1 unspecified atom stereocenters. The SMILES string of the molecule is Cc1ccc(CC2CCCN(C(=O)O)C2)cc1. The largest absolute Gasteiger partial charge is 0.465 e. The monoisotopic (exact) mass is 233 g/mol. The van der Waals surface area contributed by atoms with Crippen LogP contribution in [0.25, 0.3) is 0 Å². The van der Waals surface area contributed by atoms with Gasteiger partial charge in [0.05, 0.1) is 0 Å². The van der Waals surface area contributed by atoms with Crippen molar-refractivity contribution in [1.82, 2.24) is 4.90 Å². The van der Waals surface area contributed by atoms with E-state index in [2.05, 4.69) is 31.2 Å². The van der Waals surface area contributed by atoms with Crippen LogP contribution in [-0.2, 0) is 6.42 Å². The van der Waals surface area contributed by atoms with E-state index < -0.39 is 6.09 Å². The van der Waals surface area contributed by atoms with Crippen LogP contribution in [0.5, 0.6) is 0 Å². The zero-order valence-corrected chi connectivity index (χ0v) is 10.2. The Morgan fingerprint density at radius 3 is 2.76 bits per heavy atom. The molecule has 17 heavy (non-hydrogen) atoms. The molecule has 0 spiro atoms. The summed E-state index contributed by atoms with van der Waals surface area (Å²) in [6.07, 6.45) is 2.34. The summed E-state index contributed by atoms with van der Waals surface area (Å²) in [5, 5.41) is 8.98. The standard InChI is InChI=1S/C14H19NO2/c1-11-4-6-12(7-5-11)9-13-3-2-8-15(10-13)14(16)17/h4-7,13H,2-3,8-10H2,1H3,(H,16,17). The Labute approximate surface area is 102 Å². The second kappa shape index (κ2) is 5.21. The molecule has 1 atom stereocenters. The van der Waals surface area contributed by atoms with Gasteiger partial charge in [-0.05, 0) is 37.7 Å². The number of rotatable bonds is 2. The van der Waals surface area contributed by atoms with Crippen LogP contribution < -0.4 is 0 Å². The number of nitrogens with zero attached hydrogens (tertiary/aromatic N) is 1. The number of carboxylic acid groups (broad SMARTS) is 1. The molecule has 1 aliphatic heterocycles. The first-order chi connectivity index (χ1) is 8.15. The summed E-state index contributed by atoms with van der Waals surface area (Å²) in [4.78, 5) is 12.5. The smallest absolute Gasteiger partial charge is 0.407 e. The van der Waals surface area contributed by atoms with Gasteiger partial charge in [-0.15, -0.1) is 0 Å². The topological polar surface area (TPSA) is 40.5 Å². The van der Waals surface area contributed by atoms with Crippen LogP contribution in [0.1, 0.15) is 24.0 Å². The zero-order chi connectivity index (χ0) is 12.3. The molecular formula is C14H19NO2. The fourth-order valence-corrected chi connectivity index (χ4v) is 2.46. The Balaban J connectivity index is 1.94. The number of hydrogen-bond donors (Lipinski definition) is 1. The van der Waals surface area contributed by atoms with E-state index in [0.29, 0.717) is 19.0 Å². The van der Waals surface area contributed by atoms with E-state index in [9.17, 15) is 4.79 Å². The molecule has 2 rings (SSSR count). The molecule has 1 fully saturated rings. The van der Waals surface area contributed by atoms with Crippen molar-refractivity contribution in [3.63, 3.8) is 0 Å². The highest BCUT2D eigenvalue weighted by Gasteiger charge is 2.23. The van der Waals surface area contributed by atoms with E-state index in [0.717, 1.165) is 19.3 Å². The predicted octanol–water partition coefficient (Wildman–Crippen LogP) is 2.93. The van der Waals surface area contributed by atoms with Gasteiger partial charge in [-0.25, -0.2) is 4.79 Å². The first-order valence-electron chi connectivity index (χ1n) is 6.18. The first-order valence-corrected chi connectivity index (χ1v) is 6.18. The van der Waals surface area contributed by atoms with Crippen LogP contribution in [0.3, 0.4) is 0 Å². The van der Waals surface area contributed by atoms with Crippen molar-refractivity contribution in [2.24, 2.45) is 5.92 Å². The Bertz CT molecular complexity index is 386. The number of carbonyl (C=O) groups is 1. The van der Waals surface area contributed by atoms with E-state index in [1.54, 1.807) is 4.90 Å². The van der Waals surface area contributed by atoms with Crippen molar-refractivity contribution in [2.45, 2.75) is 26.2 Å². The van der Waals surface area contributed by atoms with Gasteiger partial charge in [-0.1, -0.05) is 29.8 Å². The first kappa shape index (κ1) is 12.0. The minimum Gasteiger partial charge on any atom is -0.465 e. The minimum atomic E-state index is -0.779. The predicted molar refractivity (Wildman–Crippen MR) is 67.2 cm³/mol. The molecule has 1 aromatic carbocycles. The molecule has 92 valence electrons. The van der Waals surface area contributed by atoms with Crippen molar-refractivity contribution in [1.29, 1.82) is 0 Å². The van der Waals surface area contributed by atoms with E-state index in [-0.39, 0.29) is 0 Å². The Morgan fingerprint density at radius 2 is 2.12 bits per heavy atom. The van der Waals surface area contributed by atoms with Gasteiger partial charge in [-0.3, -0.25) is 0 Å². The number of piperidine rings is 1. The maximum absolute atomic E-state index is 10.9. The zero-order valence-electron chi connectivity index (χ0n) is 10.2. The van der Waals surface area contributed by atoms with Gasteiger partial charge in [0.1, 0.15) is 0 Å². The third-order valence-corrected chi connectivity index (χ3v) is 3.43. The summed E-state index contributed by atoms with van der Waals surface area (Å²) in [5.41, 5.74) is 2.58. The van der Waals surface area contributed by atoms with Crippen molar-refractivity contribution in [3.8, 4) is 0 Å². The number of amides is 1. The second-order valence-corrected chi connectivity index (χ2v) is 4.93. The Morgan fingerprint density at radius 1 is 1.41 bits per heavy atom. The van der Waals surface area contributed by atoms with E-state index in [1.807, 2.05) is 0 Å². The van der Waals surface area contributed by atoms with Crippen LogP contribution >= 0.6 is 0 Å². The summed E-state index contributed by atoms with van der Waals surface area (Å²) < 4.78 is 0. The number of aryl methyl sites for hydroxylation is 1. The van der Waals surface area contributed by atoms with Crippen molar-refractivity contribution >= 4 is 6.09 Å². The third kappa shape index (κ3) is 3.22. The average molecular weight is 233 g/mol. The van der Waals surface area contributed by atoms with Crippen LogP contribution in [0.4, 0.5) is 4.79 Å². The summed E-state index contributed by atoms with van der Waals surface area (Å²) in [6.45, 7) is 3.46. The number of likely N-dealkylation sites (tertiary alicyclic amines) is 1. The molecule has 1 amide bonds. The molecule has 1 saturated heterocycles. The van der Waals surface area contributed by atoms with Crippen LogP contribution in [-0.4, -0.2) is 29.2 Å². The summed E-state index contributed by atoms with van der Waals surface area (Å²) in [7, 11) is 0. The molecule has 0 aromatic heterocycles. The molecule has 1 N–H and O–H groups in total. The number of benzene rings is 1. The maximum atomic E-state index is 10.9. The summed E-state index contributed by atoms with van der Waals surface area (Å²) >= 11 is 0. The highest BCUT2D eigenvalue weighted by Crippen LogP contribution is 2.21. The van der Waals surface area contributed by atoms with Crippen LogP contribution in [0, 0.1) is 12.8 Å². The maximum Gasteiger partial charge on any atom is 0.407 e. The molecule has 0 saturated carbocycles. The van der Waals surface area contributed by atoms with Crippen LogP contribution in [0.2, 0.25) is 0 Å². The molecule has 1 aromatic rings. The lowest BCUT2D eigenvalue weighted by Crippen LogP contribution is -2.39. The Hall–Kier alpha value is -1.51. The molecule has 3 heteroatoms. The highest BCUT2D eigenvalue weighted by atomic mass is 16.4. The van der Waals surface area contributed by atoms with Crippen LogP contribution in [0.15, 0.2) is 24.3 Å². The van der Waals surface area contributed by atoms with Crippen molar-refractivity contribution in [2.75, 3.05) is 13.1 Å². The summed E-state index contributed by atoms with van der Waals surface area (Å²) in [5.74, 6) is 0.475. The van der Waals surface area contributed by atoms with E-state index in [4.69, 9.17) is 5.11 Å². The summed E-state index contributed by atoms with van der Waals surface area (Å²) in [6, 6.07) is 8.53. The molecule has 0 radical (unpaired) electrons. The quantitative estimate of drug-likeness (QED) is 0.853. The molecular weight excluding hydrogens is 214 g/mol. The normalized spacial score (nSPS) is 20.3. The average Bonchev–Trinajstić information content (AvgIpc) is 2.32. The van der Waals surface area contributed by atoms with Gasteiger partial charge >= 0.3 is 6.09 Å². The van der Waals surface area contributed by atoms with E-state index >= 15 is 0 Å². The third-order valence-electron chi connectivity index (χ3n) is 3.43. The molecule has 0 aliphatic carbocycles. The lowest BCUT2D eigenvalue weighted by molar-refractivity contribution is 0.120. The molecule has 1 heterocycles. The van der Waals surface area contributed by atoms with Gasteiger partial charge in [0.15, 0.2) is 0 Å². The van der Waals surface area contributed by atoms with Gasteiger partial charge in [0.25, 0.3) is 0 Å². The minimum absolute atomic E-state index is 0.475. The molecule has 1 aliphatic rings. The second-order valence-electron chi connectivity index (χ2n) is 4.93. The molecule has 3 nitrogen and oxygen atoms in total. The van der Waals surface area contributed by atoms with Gasteiger partial charge in [0, 0.05) is 13.1 Å². The Kier molecular flexibility index (Phi) is 3.67. The number of hydrogen-bond acceptors (Lipinski definition) is 1. The fraction of sp³-hybridized carbons (Fsp3) is 0.500. The lowest BCUT2D eigenvalue weighted by atomic mass is 9.91. The molecule has 0 bridgehead atoms. The van der Waals surface area contributed by atoms with Gasteiger partial charge in [0.2, 0.25) is 0 Å². The highest BCUT2D eigenvalue weighted by molar-refractivity contribution is 5.65. The van der Waals surface area contributed by atoms with Crippen molar-refractivity contribution in [3.05, 3.63) is 35.4 Å². The van der Waals surface area contributed by atoms with Gasteiger partial charge < -0.3 is 10.0 Å². The van der Waals surface area contributed by atoms with E-state index in [1.165, 1.54) is 11.1 Å². The fourth-order valence-electron chi connectivity index (χ4n) is 2.46. The van der Waals surface area contributed by atoms with Gasteiger partial charge in [-0.2, -0.15) is 0 Å².